The highest BCUT2D eigenvalue weighted by molar-refractivity contribution is 5.30. The van der Waals surface area contributed by atoms with Crippen LogP contribution in [0.1, 0.15) is 29.7 Å². The van der Waals surface area contributed by atoms with Crippen LogP contribution in [0.4, 0.5) is 0 Å². The quantitative estimate of drug-likeness (QED) is 0.879. The van der Waals surface area contributed by atoms with Crippen molar-refractivity contribution in [3.63, 3.8) is 0 Å². The van der Waals surface area contributed by atoms with Gasteiger partial charge in [-0.2, -0.15) is 0 Å². The average Bonchev–Trinajstić information content (AvgIpc) is 2.46. The molecule has 0 aliphatic rings. The zero-order valence-electron chi connectivity index (χ0n) is 11.9. The molecule has 2 aromatic carbocycles. The Morgan fingerprint density at radius 2 is 1.85 bits per heavy atom. The summed E-state index contributed by atoms with van der Waals surface area (Å²) in [7, 11) is 0. The summed E-state index contributed by atoms with van der Waals surface area (Å²) < 4.78 is 6.01. The van der Waals surface area contributed by atoms with Crippen molar-refractivity contribution in [2.45, 2.75) is 32.6 Å². The Morgan fingerprint density at radius 3 is 2.45 bits per heavy atom. The highest BCUT2D eigenvalue weighted by Gasteiger charge is 2.18. The van der Waals surface area contributed by atoms with Crippen LogP contribution in [0.3, 0.4) is 0 Å². The van der Waals surface area contributed by atoms with Gasteiger partial charge >= 0.3 is 0 Å². The molecule has 0 spiro atoms. The number of rotatable bonds is 5. The Bertz CT molecular complexity index is 549. The van der Waals surface area contributed by atoms with Gasteiger partial charge in [0.15, 0.2) is 0 Å². The zero-order chi connectivity index (χ0) is 14.5. The van der Waals surface area contributed by atoms with Crippen molar-refractivity contribution >= 4 is 0 Å². The third-order valence-corrected chi connectivity index (χ3v) is 3.23. The number of aliphatic hydroxyl groups excluding tert-OH is 1. The second-order valence-corrected chi connectivity index (χ2v) is 5.11. The molecule has 0 aliphatic carbocycles. The minimum atomic E-state index is -0.204. The Balaban J connectivity index is 2.23. The largest absolute Gasteiger partial charge is 0.484 e. The average molecular weight is 271 g/mol. The molecule has 3 heteroatoms. The summed E-state index contributed by atoms with van der Waals surface area (Å²) in [6.45, 7) is 3.99. The van der Waals surface area contributed by atoms with Crippen LogP contribution >= 0.6 is 0 Å². The van der Waals surface area contributed by atoms with E-state index in [1.165, 1.54) is 5.56 Å². The van der Waals surface area contributed by atoms with Crippen LogP contribution in [0, 0.1) is 6.92 Å². The van der Waals surface area contributed by atoms with E-state index in [1.54, 1.807) is 0 Å². The highest BCUT2D eigenvalue weighted by atomic mass is 16.5. The molecule has 0 aliphatic heterocycles. The van der Waals surface area contributed by atoms with Crippen molar-refractivity contribution in [1.29, 1.82) is 0 Å². The van der Waals surface area contributed by atoms with Crippen LogP contribution in [0.2, 0.25) is 0 Å². The fraction of sp³-hybridized carbons (Fsp3) is 0.294. The van der Waals surface area contributed by atoms with Crippen LogP contribution in [0.15, 0.2) is 48.5 Å². The molecule has 2 rings (SSSR count). The lowest BCUT2D eigenvalue weighted by atomic mass is 10.0. The van der Waals surface area contributed by atoms with Gasteiger partial charge in [-0.1, -0.05) is 42.0 Å². The van der Waals surface area contributed by atoms with Gasteiger partial charge < -0.3 is 15.6 Å². The molecule has 0 saturated heterocycles. The maximum absolute atomic E-state index is 9.17. The molecule has 0 radical (unpaired) electrons. The molecule has 0 aromatic heterocycles. The first-order valence-electron chi connectivity index (χ1n) is 6.79. The molecule has 0 fully saturated rings. The van der Waals surface area contributed by atoms with Gasteiger partial charge in [0.1, 0.15) is 11.9 Å². The summed E-state index contributed by atoms with van der Waals surface area (Å²) in [6.07, 6.45) is -0.204. The van der Waals surface area contributed by atoms with Gasteiger partial charge in [-0.3, -0.25) is 0 Å². The third-order valence-electron chi connectivity index (χ3n) is 3.23. The van der Waals surface area contributed by atoms with E-state index in [-0.39, 0.29) is 18.8 Å². The standard InChI is InChI=1S/C17H21NO2/c1-12-6-8-15(9-7-12)17(13(2)18)20-16-5-3-4-14(10-16)11-19/h3-10,13,17,19H,11,18H2,1-2H3. The second kappa shape index (κ2) is 6.55. The maximum atomic E-state index is 9.17. The molecule has 2 aromatic rings. The molecule has 0 heterocycles. The van der Waals surface area contributed by atoms with E-state index >= 15 is 0 Å². The number of ether oxygens (including phenoxy) is 1. The molecule has 106 valence electrons. The fourth-order valence-electron chi connectivity index (χ4n) is 2.10. The Labute approximate surface area is 120 Å². The SMILES string of the molecule is Cc1ccc(C(Oc2cccc(CO)c2)C(C)N)cc1. The summed E-state index contributed by atoms with van der Waals surface area (Å²) in [6, 6.07) is 15.5. The van der Waals surface area contributed by atoms with E-state index in [2.05, 4.69) is 19.1 Å². The fourth-order valence-corrected chi connectivity index (χ4v) is 2.10. The Kier molecular flexibility index (Phi) is 4.77. The van der Waals surface area contributed by atoms with E-state index in [0.717, 1.165) is 16.9 Å². The van der Waals surface area contributed by atoms with Crippen molar-refractivity contribution in [1.82, 2.24) is 0 Å². The van der Waals surface area contributed by atoms with Gasteiger partial charge in [0.2, 0.25) is 0 Å². The molecule has 20 heavy (non-hydrogen) atoms. The van der Waals surface area contributed by atoms with Crippen LogP contribution in [0.25, 0.3) is 0 Å². The number of aliphatic hydroxyl groups is 1. The lowest BCUT2D eigenvalue weighted by Gasteiger charge is -2.23. The minimum Gasteiger partial charge on any atom is -0.484 e. The normalized spacial score (nSPS) is 13.8. The predicted octanol–water partition coefficient (Wildman–Crippen LogP) is 2.95. The number of hydrogen-bond donors (Lipinski definition) is 2. The molecule has 0 amide bonds. The van der Waals surface area contributed by atoms with Crippen LogP contribution in [-0.2, 0) is 6.61 Å². The van der Waals surface area contributed by atoms with Crippen molar-refractivity contribution in [2.75, 3.05) is 0 Å². The number of nitrogens with two attached hydrogens (primary N) is 1. The lowest BCUT2D eigenvalue weighted by Crippen LogP contribution is -2.29. The van der Waals surface area contributed by atoms with E-state index < -0.39 is 0 Å². The van der Waals surface area contributed by atoms with Gasteiger partial charge in [0.25, 0.3) is 0 Å². The first kappa shape index (κ1) is 14.6. The Hall–Kier alpha value is -1.84. The predicted molar refractivity (Wildman–Crippen MR) is 80.6 cm³/mol. The van der Waals surface area contributed by atoms with E-state index in [4.69, 9.17) is 10.5 Å². The number of hydrogen-bond acceptors (Lipinski definition) is 3. The van der Waals surface area contributed by atoms with Gasteiger partial charge in [0, 0.05) is 6.04 Å². The van der Waals surface area contributed by atoms with Crippen LogP contribution in [0.5, 0.6) is 5.75 Å². The number of benzene rings is 2. The lowest BCUT2D eigenvalue weighted by molar-refractivity contribution is 0.180. The smallest absolute Gasteiger partial charge is 0.138 e. The summed E-state index contributed by atoms with van der Waals surface area (Å²) in [4.78, 5) is 0. The topological polar surface area (TPSA) is 55.5 Å². The summed E-state index contributed by atoms with van der Waals surface area (Å²) in [5.74, 6) is 0.722. The molecule has 0 bridgehead atoms. The van der Waals surface area contributed by atoms with E-state index in [0.29, 0.717) is 0 Å². The first-order valence-corrected chi connectivity index (χ1v) is 6.79. The van der Waals surface area contributed by atoms with E-state index in [1.807, 2.05) is 43.3 Å². The monoisotopic (exact) mass is 271 g/mol. The highest BCUT2D eigenvalue weighted by Crippen LogP contribution is 2.25. The van der Waals surface area contributed by atoms with Gasteiger partial charge in [0.05, 0.1) is 6.61 Å². The number of aryl methyl sites for hydroxylation is 1. The van der Waals surface area contributed by atoms with Crippen molar-refractivity contribution < 1.29 is 9.84 Å². The third kappa shape index (κ3) is 3.59. The van der Waals surface area contributed by atoms with Gasteiger partial charge in [-0.25, -0.2) is 0 Å². The van der Waals surface area contributed by atoms with Crippen molar-refractivity contribution in [2.24, 2.45) is 5.73 Å². The molecule has 3 N–H and O–H groups in total. The second-order valence-electron chi connectivity index (χ2n) is 5.11. The molecule has 3 nitrogen and oxygen atoms in total. The van der Waals surface area contributed by atoms with Crippen LogP contribution in [-0.4, -0.2) is 11.1 Å². The van der Waals surface area contributed by atoms with Crippen LogP contribution < -0.4 is 10.5 Å². The summed E-state index contributed by atoms with van der Waals surface area (Å²) in [5, 5.41) is 9.17. The maximum Gasteiger partial charge on any atom is 0.138 e. The zero-order valence-corrected chi connectivity index (χ0v) is 11.9. The molecule has 2 unspecified atom stereocenters. The minimum absolute atomic E-state index is 0.00454. The molecule has 2 atom stereocenters. The van der Waals surface area contributed by atoms with Gasteiger partial charge in [-0.15, -0.1) is 0 Å². The Morgan fingerprint density at radius 1 is 1.15 bits per heavy atom. The summed E-state index contributed by atoms with van der Waals surface area (Å²) >= 11 is 0. The summed E-state index contributed by atoms with van der Waals surface area (Å²) in [5.41, 5.74) is 9.14. The molecular formula is C17H21NO2. The molecule has 0 saturated carbocycles. The molecular weight excluding hydrogens is 250 g/mol. The first-order chi connectivity index (χ1) is 9.60. The van der Waals surface area contributed by atoms with Crippen molar-refractivity contribution in [3.8, 4) is 5.75 Å². The van der Waals surface area contributed by atoms with Crippen molar-refractivity contribution in [3.05, 3.63) is 65.2 Å². The van der Waals surface area contributed by atoms with Gasteiger partial charge in [-0.05, 0) is 37.1 Å². The van der Waals surface area contributed by atoms with E-state index in [9.17, 15) is 5.11 Å².